The molecule has 5 nitrogen and oxygen atoms in total. The number of hydrogen-bond acceptors (Lipinski definition) is 3. The lowest BCUT2D eigenvalue weighted by Crippen LogP contribution is -2.43. The molecule has 1 aliphatic heterocycles. The normalized spacial score (nSPS) is 16.8. The van der Waals surface area contributed by atoms with E-state index < -0.39 is 23.6 Å². The first-order valence-corrected chi connectivity index (χ1v) is 9.61. The maximum atomic E-state index is 13.0. The Labute approximate surface area is 172 Å². The molecule has 3 rings (SSSR count). The number of halogens is 3. The highest BCUT2D eigenvalue weighted by atomic mass is 19.4. The zero-order valence-electron chi connectivity index (χ0n) is 16.8. The molecule has 1 fully saturated rings. The molecule has 0 unspecified atom stereocenters. The van der Waals surface area contributed by atoms with E-state index in [4.69, 9.17) is 4.74 Å². The van der Waals surface area contributed by atoms with Gasteiger partial charge in [-0.3, -0.25) is 9.59 Å². The molecular weight excluding hydrogens is 397 g/mol. The molecule has 2 amide bonds. The lowest BCUT2D eigenvalue weighted by Gasteiger charge is -2.32. The molecule has 1 N–H and O–H groups in total. The fourth-order valence-corrected chi connectivity index (χ4v) is 3.54. The van der Waals surface area contributed by atoms with Crippen molar-refractivity contribution >= 4 is 17.5 Å². The molecule has 2 aromatic carbocycles. The molecule has 8 heteroatoms. The topological polar surface area (TPSA) is 58.6 Å². The van der Waals surface area contributed by atoms with E-state index in [1.165, 1.54) is 24.1 Å². The highest BCUT2D eigenvalue weighted by Crippen LogP contribution is 2.31. The van der Waals surface area contributed by atoms with E-state index in [1.54, 1.807) is 12.1 Å². The molecule has 0 radical (unpaired) electrons. The van der Waals surface area contributed by atoms with E-state index in [0.717, 1.165) is 17.7 Å². The number of amides is 2. The summed E-state index contributed by atoms with van der Waals surface area (Å²) in [5, 5.41) is 2.85. The number of carbonyl (C=O) groups is 2. The Balaban J connectivity index is 1.72. The van der Waals surface area contributed by atoms with Gasteiger partial charge in [0.25, 0.3) is 5.91 Å². The summed E-state index contributed by atoms with van der Waals surface area (Å²) in [6.45, 7) is 2.44. The maximum Gasteiger partial charge on any atom is 0.416 e. The molecule has 0 saturated carbocycles. The minimum atomic E-state index is -4.52. The molecule has 1 atom stereocenters. The molecule has 1 heterocycles. The van der Waals surface area contributed by atoms with Gasteiger partial charge in [0.05, 0.1) is 24.3 Å². The lowest BCUT2D eigenvalue weighted by molar-refractivity contribution is -0.137. The van der Waals surface area contributed by atoms with Crippen LogP contribution in [0.15, 0.2) is 42.5 Å². The first kappa shape index (κ1) is 21.7. The summed E-state index contributed by atoms with van der Waals surface area (Å²) in [6, 6.07) is 9.78. The first-order chi connectivity index (χ1) is 14.2. The highest BCUT2D eigenvalue weighted by Gasteiger charge is 2.33. The standard InChI is InChI=1S/C22H23F3N2O3/c1-14-8-9-19(30-2)18(11-14)26-20(28)16-6-4-10-27(13-16)21(29)15-5-3-7-17(12-15)22(23,24)25/h3,5,7-9,11-12,16H,4,6,10,13H2,1-2H3,(H,26,28)/t16-/m0/s1. The second-order valence-corrected chi connectivity index (χ2v) is 7.36. The van der Waals surface area contributed by atoms with Crippen molar-refractivity contribution in [2.75, 3.05) is 25.5 Å². The van der Waals surface area contributed by atoms with Gasteiger partial charge in [0, 0.05) is 18.7 Å². The molecule has 2 aromatic rings. The van der Waals surface area contributed by atoms with Gasteiger partial charge < -0.3 is 15.0 Å². The van der Waals surface area contributed by atoms with Crippen LogP contribution in [-0.2, 0) is 11.0 Å². The van der Waals surface area contributed by atoms with Crippen molar-refractivity contribution in [1.82, 2.24) is 4.90 Å². The Hall–Kier alpha value is -3.03. The van der Waals surface area contributed by atoms with E-state index >= 15 is 0 Å². The van der Waals surface area contributed by atoms with Crippen LogP contribution in [0.4, 0.5) is 18.9 Å². The number of benzene rings is 2. The Morgan fingerprint density at radius 3 is 2.63 bits per heavy atom. The van der Waals surface area contributed by atoms with Gasteiger partial charge in [-0.25, -0.2) is 0 Å². The summed E-state index contributed by atoms with van der Waals surface area (Å²) in [4.78, 5) is 27.0. The molecule has 0 spiro atoms. The Bertz CT molecular complexity index is 943. The number of ether oxygens (including phenoxy) is 1. The molecule has 1 saturated heterocycles. The van der Waals surface area contributed by atoms with Crippen LogP contribution in [0, 0.1) is 12.8 Å². The first-order valence-electron chi connectivity index (χ1n) is 9.61. The number of methoxy groups -OCH3 is 1. The number of nitrogens with zero attached hydrogens (tertiary/aromatic N) is 1. The van der Waals surface area contributed by atoms with E-state index in [9.17, 15) is 22.8 Å². The minimum Gasteiger partial charge on any atom is -0.495 e. The number of alkyl halides is 3. The van der Waals surface area contributed by atoms with Crippen molar-refractivity contribution in [3.8, 4) is 5.75 Å². The van der Waals surface area contributed by atoms with Crippen molar-refractivity contribution in [3.05, 3.63) is 59.2 Å². The lowest BCUT2D eigenvalue weighted by atomic mass is 9.96. The predicted molar refractivity (Wildman–Crippen MR) is 106 cm³/mol. The smallest absolute Gasteiger partial charge is 0.416 e. The molecule has 160 valence electrons. The third-order valence-corrected chi connectivity index (χ3v) is 5.13. The molecular formula is C22H23F3N2O3. The van der Waals surface area contributed by atoms with Crippen LogP contribution in [0.25, 0.3) is 0 Å². The van der Waals surface area contributed by atoms with Crippen molar-refractivity contribution in [1.29, 1.82) is 0 Å². The summed E-state index contributed by atoms with van der Waals surface area (Å²) < 4.78 is 44.1. The van der Waals surface area contributed by atoms with Crippen LogP contribution >= 0.6 is 0 Å². The molecule has 0 aromatic heterocycles. The summed E-state index contributed by atoms with van der Waals surface area (Å²) in [5.41, 5.74) is 0.595. The van der Waals surface area contributed by atoms with Gasteiger partial charge in [-0.15, -0.1) is 0 Å². The number of likely N-dealkylation sites (tertiary alicyclic amines) is 1. The third-order valence-electron chi connectivity index (χ3n) is 5.13. The van der Waals surface area contributed by atoms with Crippen LogP contribution in [0.2, 0.25) is 0 Å². The number of aryl methyl sites for hydroxylation is 1. The van der Waals surface area contributed by atoms with Gasteiger partial charge in [-0.05, 0) is 55.7 Å². The van der Waals surface area contributed by atoms with Gasteiger partial charge in [-0.1, -0.05) is 12.1 Å². The van der Waals surface area contributed by atoms with E-state index in [2.05, 4.69) is 5.32 Å². The van der Waals surface area contributed by atoms with Gasteiger partial charge >= 0.3 is 6.18 Å². The largest absolute Gasteiger partial charge is 0.495 e. The number of piperidine rings is 1. The summed E-state index contributed by atoms with van der Waals surface area (Å²) in [5.74, 6) is -0.687. The molecule has 30 heavy (non-hydrogen) atoms. The number of carbonyl (C=O) groups excluding carboxylic acids is 2. The summed E-state index contributed by atoms with van der Waals surface area (Å²) in [7, 11) is 1.51. The van der Waals surface area contributed by atoms with E-state index in [1.807, 2.05) is 13.0 Å². The predicted octanol–water partition coefficient (Wildman–Crippen LogP) is 4.51. The van der Waals surface area contributed by atoms with Crippen LogP contribution in [-0.4, -0.2) is 36.9 Å². The SMILES string of the molecule is COc1ccc(C)cc1NC(=O)[C@H]1CCCN(C(=O)c2cccc(C(F)(F)F)c2)C1. The quantitative estimate of drug-likeness (QED) is 0.792. The van der Waals surface area contributed by atoms with Crippen molar-refractivity contribution in [2.24, 2.45) is 5.92 Å². The molecule has 1 aliphatic rings. The van der Waals surface area contributed by atoms with Crippen LogP contribution in [0.1, 0.15) is 34.3 Å². The van der Waals surface area contributed by atoms with Crippen molar-refractivity contribution in [3.63, 3.8) is 0 Å². The highest BCUT2D eigenvalue weighted by molar-refractivity contribution is 5.97. The van der Waals surface area contributed by atoms with Crippen LogP contribution in [0.5, 0.6) is 5.75 Å². The fraction of sp³-hybridized carbons (Fsp3) is 0.364. The zero-order valence-corrected chi connectivity index (χ0v) is 16.8. The number of rotatable bonds is 4. The monoisotopic (exact) mass is 420 g/mol. The fourth-order valence-electron chi connectivity index (χ4n) is 3.54. The number of nitrogens with one attached hydrogen (secondary N) is 1. The summed E-state index contributed by atoms with van der Waals surface area (Å²) in [6.07, 6.45) is -3.34. The van der Waals surface area contributed by atoms with Gasteiger partial charge in [0.1, 0.15) is 5.75 Å². The Kier molecular flexibility index (Phi) is 6.34. The van der Waals surface area contributed by atoms with E-state index in [-0.39, 0.29) is 18.0 Å². The van der Waals surface area contributed by atoms with Crippen LogP contribution < -0.4 is 10.1 Å². The average Bonchev–Trinajstić information content (AvgIpc) is 2.73. The summed E-state index contributed by atoms with van der Waals surface area (Å²) >= 11 is 0. The Morgan fingerprint density at radius 2 is 1.93 bits per heavy atom. The third kappa shape index (κ3) is 4.93. The molecule has 0 bridgehead atoms. The molecule has 0 aliphatic carbocycles. The average molecular weight is 420 g/mol. The Morgan fingerprint density at radius 1 is 1.17 bits per heavy atom. The van der Waals surface area contributed by atoms with Crippen molar-refractivity contribution in [2.45, 2.75) is 25.9 Å². The minimum absolute atomic E-state index is 0.0359. The van der Waals surface area contributed by atoms with Crippen LogP contribution in [0.3, 0.4) is 0 Å². The van der Waals surface area contributed by atoms with Gasteiger partial charge in [0.2, 0.25) is 5.91 Å². The zero-order chi connectivity index (χ0) is 21.9. The van der Waals surface area contributed by atoms with Crippen molar-refractivity contribution < 1.29 is 27.5 Å². The van der Waals surface area contributed by atoms with E-state index in [0.29, 0.717) is 30.8 Å². The number of anilines is 1. The number of hydrogen-bond donors (Lipinski definition) is 1. The van der Waals surface area contributed by atoms with Gasteiger partial charge in [0.15, 0.2) is 0 Å². The van der Waals surface area contributed by atoms with Gasteiger partial charge in [-0.2, -0.15) is 13.2 Å². The maximum absolute atomic E-state index is 13.0. The second-order valence-electron chi connectivity index (χ2n) is 7.36. The second kappa shape index (κ2) is 8.77.